The summed E-state index contributed by atoms with van der Waals surface area (Å²) in [6, 6.07) is 0. The average molecular weight is 193 g/mol. The molecule has 3 nitrogen and oxygen atoms in total. The van der Waals surface area contributed by atoms with Gasteiger partial charge in [-0.1, -0.05) is 19.3 Å². The summed E-state index contributed by atoms with van der Waals surface area (Å²) >= 11 is 0. The van der Waals surface area contributed by atoms with Gasteiger partial charge in [0.25, 0.3) is 11.8 Å². The SMILES string of the molecule is CC1=C(C2CCCCC2)C(=O)NC1=O. The number of rotatable bonds is 1. The molecular weight excluding hydrogens is 178 g/mol. The lowest BCUT2D eigenvalue weighted by Gasteiger charge is -2.21. The Labute approximate surface area is 83.6 Å². The molecule has 2 amide bonds. The molecule has 1 saturated carbocycles. The maximum absolute atomic E-state index is 11.5. The van der Waals surface area contributed by atoms with Gasteiger partial charge < -0.3 is 0 Å². The topological polar surface area (TPSA) is 46.2 Å². The molecule has 1 aliphatic carbocycles. The zero-order valence-corrected chi connectivity index (χ0v) is 8.43. The first-order valence-electron chi connectivity index (χ1n) is 5.26. The van der Waals surface area contributed by atoms with E-state index in [-0.39, 0.29) is 11.8 Å². The first-order chi connectivity index (χ1) is 6.70. The van der Waals surface area contributed by atoms with Gasteiger partial charge in [0, 0.05) is 11.1 Å². The maximum Gasteiger partial charge on any atom is 0.254 e. The molecule has 0 radical (unpaired) electrons. The molecule has 1 aliphatic heterocycles. The summed E-state index contributed by atoms with van der Waals surface area (Å²) in [5.74, 6) is -0.0230. The number of hydrogen-bond acceptors (Lipinski definition) is 2. The Bertz CT molecular complexity index is 311. The van der Waals surface area contributed by atoms with Crippen molar-refractivity contribution in [1.82, 2.24) is 5.32 Å². The molecule has 0 bridgehead atoms. The summed E-state index contributed by atoms with van der Waals surface area (Å²) in [5.41, 5.74) is 1.40. The van der Waals surface area contributed by atoms with Crippen molar-refractivity contribution < 1.29 is 9.59 Å². The maximum atomic E-state index is 11.5. The van der Waals surface area contributed by atoms with Crippen LogP contribution in [0.15, 0.2) is 11.1 Å². The first kappa shape index (κ1) is 9.44. The Balaban J connectivity index is 2.23. The van der Waals surface area contributed by atoms with E-state index in [4.69, 9.17) is 0 Å². The second kappa shape index (κ2) is 3.56. The van der Waals surface area contributed by atoms with Gasteiger partial charge in [-0.2, -0.15) is 0 Å². The molecule has 1 fully saturated rings. The van der Waals surface area contributed by atoms with Crippen LogP contribution in [-0.4, -0.2) is 11.8 Å². The number of nitrogens with one attached hydrogen (secondary N) is 1. The van der Waals surface area contributed by atoms with Crippen molar-refractivity contribution in [2.45, 2.75) is 39.0 Å². The molecule has 2 aliphatic rings. The van der Waals surface area contributed by atoms with E-state index in [0.717, 1.165) is 18.4 Å². The number of hydrogen-bond donors (Lipinski definition) is 1. The second-order valence-electron chi connectivity index (χ2n) is 4.16. The molecule has 0 spiro atoms. The lowest BCUT2D eigenvalue weighted by Crippen LogP contribution is -2.25. The number of carbonyl (C=O) groups is 2. The van der Waals surface area contributed by atoms with Crippen LogP contribution in [0.5, 0.6) is 0 Å². The highest BCUT2D eigenvalue weighted by Gasteiger charge is 2.32. The fourth-order valence-corrected chi connectivity index (χ4v) is 2.44. The van der Waals surface area contributed by atoms with Crippen molar-refractivity contribution in [2.24, 2.45) is 5.92 Å². The lowest BCUT2D eigenvalue weighted by atomic mass is 9.82. The molecule has 76 valence electrons. The van der Waals surface area contributed by atoms with E-state index in [1.54, 1.807) is 6.92 Å². The zero-order valence-electron chi connectivity index (χ0n) is 8.43. The van der Waals surface area contributed by atoms with Crippen LogP contribution in [0.4, 0.5) is 0 Å². The standard InChI is InChI=1S/C11H15NO2/c1-7-9(11(14)12-10(7)13)8-5-3-2-4-6-8/h8H,2-6H2,1H3,(H,12,13,14). The summed E-state index contributed by atoms with van der Waals surface area (Å²) in [6.07, 6.45) is 5.75. The van der Waals surface area contributed by atoms with Gasteiger partial charge in [0.15, 0.2) is 0 Å². The fraction of sp³-hybridized carbons (Fsp3) is 0.636. The molecule has 2 rings (SSSR count). The van der Waals surface area contributed by atoms with Gasteiger partial charge >= 0.3 is 0 Å². The van der Waals surface area contributed by atoms with Gasteiger partial charge in [-0.15, -0.1) is 0 Å². The predicted octanol–water partition coefficient (Wildman–Crippen LogP) is 1.54. The van der Waals surface area contributed by atoms with Gasteiger partial charge in [-0.05, 0) is 25.7 Å². The van der Waals surface area contributed by atoms with Crippen LogP contribution in [0.3, 0.4) is 0 Å². The highest BCUT2D eigenvalue weighted by molar-refractivity contribution is 6.19. The summed E-state index contributed by atoms with van der Waals surface area (Å²) in [5, 5.41) is 2.36. The molecule has 0 atom stereocenters. The summed E-state index contributed by atoms with van der Waals surface area (Å²) in [6.45, 7) is 1.75. The third-order valence-electron chi connectivity index (χ3n) is 3.23. The molecule has 0 unspecified atom stereocenters. The van der Waals surface area contributed by atoms with Crippen LogP contribution >= 0.6 is 0 Å². The molecule has 0 aromatic rings. The lowest BCUT2D eigenvalue weighted by molar-refractivity contribution is -0.124. The van der Waals surface area contributed by atoms with E-state index in [0.29, 0.717) is 11.5 Å². The van der Waals surface area contributed by atoms with E-state index in [1.165, 1.54) is 19.3 Å². The monoisotopic (exact) mass is 193 g/mol. The molecule has 1 heterocycles. The van der Waals surface area contributed by atoms with E-state index in [1.807, 2.05) is 0 Å². The molecule has 0 aromatic heterocycles. The highest BCUT2D eigenvalue weighted by Crippen LogP contribution is 2.33. The van der Waals surface area contributed by atoms with Crippen molar-refractivity contribution in [1.29, 1.82) is 0 Å². The van der Waals surface area contributed by atoms with Gasteiger partial charge in [0.2, 0.25) is 0 Å². The van der Waals surface area contributed by atoms with Gasteiger partial charge in [0.05, 0.1) is 0 Å². The Morgan fingerprint density at radius 3 is 2.21 bits per heavy atom. The zero-order chi connectivity index (χ0) is 10.1. The third-order valence-corrected chi connectivity index (χ3v) is 3.23. The predicted molar refractivity (Wildman–Crippen MR) is 52.4 cm³/mol. The van der Waals surface area contributed by atoms with E-state index < -0.39 is 0 Å². The van der Waals surface area contributed by atoms with Crippen LogP contribution in [0.25, 0.3) is 0 Å². The first-order valence-corrected chi connectivity index (χ1v) is 5.26. The van der Waals surface area contributed by atoms with E-state index in [9.17, 15) is 9.59 Å². The number of carbonyl (C=O) groups excluding carboxylic acids is 2. The van der Waals surface area contributed by atoms with Crippen molar-refractivity contribution in [3.8, 4) is 0 Å². The Hall–Kier alpha value is -1.12. The van der Waals surface area contributed by atoms with Crippen molar-refractivity contribution in [3.63, 3.8) is 0 Å². The molecule has 14 heavy (non-hydrogen) atoms. The molecule has 3 heteroatoms. The minimum atomic E-state index is -0.199. The molecule has 0 saturated heterocycles. The summed E-state index contributed by atoms with van der Waals surface area (Å²) in [7, 11) is 0. The summed E-state index contributed by atoms with van der Waals surface area (Å²) in [4.78, 5) is 22.8. The van der Waals surface area contributed by atoms with Gasteiger partial charge in [-0.25, -0.2) is 0 Å². The van der Waals surface area contributed by atoms with E-state index in [2.05, 4.69) is 5.32 Å². The second-order valence-corrected chi connectivity index (χ2v) is 4.16. The van der Waals surface area contributed by atoms with Crippen LogP contribution in [-0.2, 0) is 9.59 Å². The largest absolute Gasteiger partial charge is 0.289 e. The van der Waals surface area contributed by atoms with Gasteiger partial charge in [-0.3, -0.25) is 14.9 Å². The summed E-state index contributed by atoms with van der Waals surface area (Å²) < 4.78 is 0. The normalized spacial score (nSPS) is 24.4. The molecule has 1 N–H and O–H groups in total. The Morgan fingerprint density at radius 1 is 1.07 bits per heavy atom. The minimum absolute atomic E-state index is 0.153. The van der Waals surface area contributed by atoms with Crippen molar-refractivity contribution in [2.75, 3.05) is 0 Å². The van der Waals surface area contributed by atoms with Gasteiger partial charge in [0.1, 0.15) is 0 Å². The van der Waals surface area contributed by atoms with Crippen molar-refractivity contribution in [3.05, 3.63) is 11.1 Å². The number of amides is 2. The third kappa shape index (κ3) is 1.47. The van der Waals surface area contributed by atoms with E-state index >= 15 is 0 Å². The smallest absolute Gasteiger partial charge is 0.254 e. The van der Waals surface area contributed by atoms with Crippen LogP contribution in [0, 0.1) is 5.92 Å². The average Bonchev–Trinajstić information content (AvgIpc) is 2.43. The molecule has 0 aromatic carbocycles. The Kier molecular flexibility index (Phi) is 2.40. The molecular formula is C11H15NO2. The fourth-order valence-electron chi connectivity index (χ4n) is 2.44. The number of imide groups is 1. The van der Waals surface area contributed by atoms with Crippen LogP contribution < -0.4 is 5.32 Å². The Morgan fingerprint density at radius 2 is 1.71 bits per heavy atom. The van der Waals surface area contributed by atoms with Crippen LogP contribution in [0.1, 0.15) is 39.0 Å². The highest BCUT2D eigenvalue weighted by atomic mass is 16.2. The minimum Gasteiger partial charge on any atom is -0.289 e. The van der Waals surface area contributed by atoms with Crippen molar-refractivity contribution >= 4 is 11.8 Å². The quantitative estimate of drug-likeness (QED) is 0.642. The van der Waals surface area contributed by atoms with Crippen LogP contribution in [0.2, 0.25) is 0 Å².